The summed E-state index contributed by atoms with van der Waals surface area (Å²) < 4.78 is 0. The lowest BCUT2D eigenvalue weighted by molar-refractivity contribution is 0.976. The van der Waals surface area contributed by atoms with Crippen LogP contribution in [0.2, 0.25) is 0 Å². The number of aromatic amines is 1. The van der Waals surface area contributed by atoms with Crippen molar-refractivity contribution in [1.82, 2.24) is 4.98 Å². The Labute approximate surface area is 82.1 Å². The lowest BCUT2D eigenvalue weighted by Crippen LogP contribution is -2.01. The number of nitrogens with two attached hydrogens (primary N) is 1. The molecule has 2 aromatic rings. The number of benzene rings is 1. The zero-order valence-electron chi connectivity index (χ0n) is 7.75. The highest BCUT2D eigenvalue weighted by Crippen LogP contribution is 2.19. The summed E-state index contributed by atoms with van der Waals surface area (Å²) in [6.45, 7) is 0.646. The Bertz CT molecular complexity index is 491. The number of hydrogen-bond acceptors (Lipinski definition) is 2. The lowest BCUT2D eigenvalue weighted by Gasteiger charge is -1.95. The van der Waals surface area contributed by atoms with Gasteiger partial charge >= 0.3 is 0 Å². The second kappa shape index (κ2) is 3.52. The van der Waals surface area contributed by atoms with E-state index in [4.69, 9.17) is 11.0 Å². The predicted octanol–water partition coefficient (Wildman–Crippen LogP) is 1.54. The largest absolute Gasteiger partial charge is 0.361 e. The van der Waals surface area contributed by atoms with E-state index < -0.39 is 0 Å². The maximum absolute atomic E-state index is 8.72. The first-order valence-corrected chi connectivity index (χ1v) is 4.55. The molecule has 3 N–H and O–H groups in total. The van der Waals surface area contributed by atoms with Gasteiger partial charge in [-0.2, -0.15) is 5.26 Å². The maximum Gasteiger partial charge on any atom is 0.0992 e. The Morgan fingerprint density at radius 2 is 2.29 bits per heavy atom. The fraction of sp³-hybridized carbons (Fsp3) is 0.182. The standard InChI is InChI=1S/C11H11N3/c12-4-3-9-7-14-11-5-8(6-13)1-2-10(9)11/h1-2,5,7,14H,3-4,12H2. The second-order valence-electron chi connectivity index (χ2n) is 3.22. The van der Waals surface area contributed by atoms with Gasteiger partial charge in [-0.15, -0.1) is 0 Å². The van der Waals surface area contributed by atoms with Gasteiger partial charge in [-0.1, -0.05) is 6.07 Å². The Hall–Kier alpha value is -1.79. The highest BCUT2D eigenvalue weighted by molar-refractivity contribution is 5.84. The molecule has 0 amide bonds. The van der Waals surface area contributed by atoms with Crippen LogP contribution in [0.25, 0.3) is 10.9 Å². The van der Waals surface area contributed by atoms with E-state index in [9.17, 15) is 0 Å². The Morgan fingerprint density at radius 3 is 3.00 bits per heavy atom. The fourth-order valence-electron chi connectivity index (χ4n) is 1.62. The molecule has 0 saturated heterocycles. The number of hydrogen-bond donors (Lipinski definition) is 2. The summed E-state index contributed by atoms with van der Waals surface area (Å²) >= 11 is 0. The van der Waals surface area contributed by atoms with E-state index in [1.165, 1.54) is 5.56 Å². The van der Waals surface area contributed by atoms with E-state index in [0.717, 1.165) is 17.3 Å². The van der Waals surface area contributed by atoms with Gasteiger partial charge in [0.25, 0.3) is 0 Å². The van der Waals surface area contributed by atoms with Crippen LogP contribution >= 0.6 is 0 Å². The zero-order valence-corrected chi connectivity index (χ0v) is 7.75. The number of nitrogens with zero attached hydrogens (tertiary/aromatic N) is 1. The van der Waals surface area contributed by atoms with Crippen LogP contribution < -0.4 is 5.73 Å². The third-order valence-corrected chi connectivity index (χ3v) is 2.31. The quantitative estimate of drug-likeness (QED) is 0.745. The van der Waals surface area contributed by atoms with Crippen LogP contribution in [0.15, 0.2) is 24.4 Å². The molecule has 1 aromatic heterocycles. The van der Waals surface area contributed by atoms with Crippen molar-refractivity contribution in [3.8, 4) is 6.07 Å². The molecule has 0 radical (unpaired) electrons. The van der Waals surface area contributed by atoms with E-state index >= 15 is 0 Å². The number of nitrogens with one attached hydrogen (secondary N) is 1. The molecule has 1 heterocycles. The second-order valence-corrected chi connectivity index (χ2v) is 3.22. The Balaban J connectivity index is 2.55. The third-order valence-electron chi connectivity index (χ3n) is 2.31. The normalized spacial score (nSPS) is 10.3. The van der Waals surface area contributed by atoms with Crippen molar-refractivity contribution in [3.05, 3.63) is 35.5 Å². The van der Waals surface area contributed by atoms with E-state index in [1.807, 2.05) is 24.4 Å². The number of nitriles is 1. The van der Waals surface area contributed by atoms with E-state index in [1.54, 1.807) is 0 Å². The molecule has 0 aliphatic rings. The minimum absolute atomic E-state index is 0.646. The van der Waals surface area contributed by atoms with Crippen molar-refractivity contribution < 1.29 is 0 Å². The van der Waals surface area contributed by atoms with Gasteiger partial charge in [-0.05, 0) is 30.7 Å². The van der Waals surface area contributed by atoms with Crippen LogP contribution in [0, 0.1) is 11.3 Å². The lowest BCUT2D eigenvalue weighted by atomic mass is 10.1. The molecular weight excluding hydrogens is 174 g/mol. The van der Waals surface area contributed by atoms with E-state index in [-0.39, 0.29) is 0 Å². The van der Waals surface area contributed by atoms with Crippen LogP contribution in [-0.4, -0.2) is 11.5 Å². The summed E-state index contributed by atoms with van der Waals surface area (Å²) in [5.41, 5.74) is 8.40. The molecule has 0 unspecified atom stereocenters. The van der Waals surface area contributed by atoms with Gasteiger partial charge in [0.1, 0.15) is 0 Å². The SMILES string of the molecule is N#Cc1ccc2c(CCN)c[nH]c2c1. The minimum Gasteiger partial charge on any atom is -0.361 e. The minimum atomic E-state index is 0.646. The van der Waals surface area contributed by atoms with E-state index in [2.05, 4.69) is 11.1 Å². The molecular formula is C11H11N3. The Kier molecular flexibility index (Phi) is 2.21. The molecule has 0 aliphatic carbocycles. The number of aromatic nitrogens is 1. The van der Waals surface area contributed by atoms with Gasteiger partial charge in [-0.25, -0.2) is 0 Å². The number of fused-ring (bicyclic) bond motifs is 1. The summed E-state index contributed by atoms with van der Waals surface area (Å²) in [4.78, 5) is 3.14. The van der Waals surface area contributed by atoms with Crippen molar-refractivity contribution in [2.75, 3.05) is 6.54 Å². The van der Waals surface area contributed by atoms with Gasteiger partial charge < -0.3 is 10.7 Å². The molecule has 3 heteroatoms. The topological polar surface area (TPSA) is 65.6 Å². The van der Waals surface area contributed by atoms with Gasteiger partial charge in [0.05, 0.1) is 11.6 Å². The van der Waals surface area contributed by atoms with Crippen LogP contribution in [0.3, 0.4) is 0 Å². The monoisotopic (exact) mass is 185 g/mol. The smallest absolute Gasteiger partial charge is 0.0992 e. The number of H-pyrrole nitrogens is 1. The summed E-state index contributed by atoms with van der Waals surface area (Å²) in [7, 11) is 0. The molecule has 70 valence electrons. The third kappa shape index (κ3) is 1.36. The molecule has 2 rings (SSSR count). The average Bonchev–Trinajstić information content (AvgIpc) is 2.61. The summed E-state index contributed by atoms with van der Waals surface area (Å²) in [6, 6.07) is 7.77. The maximum atomic E-state index is 8.72. The first-order valence-electron chi connectivity index (χ1n) is 4.55. The summed E-state index contributed by atoms with van der Waals surface area (Å²) in [5, 5.41) is 9.88. The average molecular weight is 185 g/mol. The molecule has 0 spiro atoms. The molecule has 0 aliphatic heterocycles. The van der Waals surface area contributed by atoms with Crippen molar-refractivity contribution in [3.63, 3.8) is 0 Å². The molecule has 0 saturated carbocycles. The highest BCUT2D eigenvalue weighted by atomic mass is 14.7. The molecule has 14 heavy (non-hydrogen) atoms. The molecule has 1 aromatic carbocycles. The fourth-order valence-corrected chi connectivity index (χ4v) is 1.62. The van der Waals surface area contributed by atoms with Crippen LogP contribution in [-0.2, 0) is 6.42 Å². The molecule has 0 fully saturated rings. The first kappa shape index (κ1) is 8.79. The van der Waals surface area contributed by atoms with Crippen molar-refractivity contribution in [2.24, 2.45) is 5.73 Å². The highest BCUT2D eigenvalue weighted by Gasteiger charge is 2.02. The number of rotatable bonds is 2. The zero-order chi connectivity index (χ0) is 9.97. The van der Waals surface area contributed by atoms with Crippen LogP contribution in [0.4, 0.5) is 0 Å². The van der Waals surface area contributed by atoms with Crippen LogP contribution in [0.5, 0.6) is 0 Å². The summed E-state index contributed by atoms with van der Waals surface area (Å²) in [6.07, 6.45) is 2.82. The van der Waals surface area contributed by atoms with Crippen molar-refractivity contribution in [1.29, 1.82) is 5.26 Å². The summed E-state index contributed by atoms with van der Waals surface area (Å²) in [5.74, 6) is 0. The van der Waals surface area contributed by atoms with Crippen molar-refractivity contribution >= 4 is 10.9 Å². The van der Waals surface area contributed by atoms with Gasteiger partial charge in [0.15, 0.2) is 0 Å². The molecule has 0 bridgehead atoms. The molecule has 0 atom stereocenters. The van der Waals surface area contributed by atoms with Gasteiger partial charge in [-0.3, -0.25) is 0 Å². The van der Waals surface area contributed by atoms with Gasteiger partial charge in [0.2, 0.25) is 0 Å². The van der Waals surface area contributed by atoms with E-state index in [0.29, 0.717) is 12.1 Å². The predicted molar refractivity (Wildman–Crippen MR) is 55.8 cm³/mol. The first-order chi connectivity index (χ1) is 6.85. The molecule has 3 nitrogen and oxygen atoms in total. The van der Waals surface area contributed by atoms with Gasteiger partial charge in [0, 0.05) is 17.1 Å². The van der Waals surface area contributed by atoms with Crippen molar-refractivity contribution in [2.45, 2.75) is 6.42 Å². The Morgan fingerprint density at radius 1 is 1.43 bits per heavy atom. The van der Waals surface area contributed by atoms with Crippen LogP contribution in [0.1, 0.15) is 11.1 Å².